The van der Waals surface area contributed by atoms with Crippen LogP contribution in [0.15, 0.2) is 60.2 Å². The topological polar surface area (TPSA) is 48.0 Å². The molecule has 1 aliphatic rings. The highest BCUT2D eigenvalue weighted by atomic mass is 16.5. The Kier molecular flexibility index (Phi) is 8.43. The number of likely N-dealkylation sites (tertiary alicyclic amines) is 1. The molecule has 0 spiro atoms. The average molecular weight is 474 g/mol. The fraction of sp³-hybridized carbons (Fsp3) is 0.367. The van der Waals surface area contributed by atoms with Gasteiger partial charge in [0.2, 0.25) is 0 Å². The first-order valence-corrected chi connectivity index (χ1v) is 12.5. The molecule has 184 valence electrons. The van der Waals surface area contributed by atoms with E-state index in [1.165, 1.54) is 32.4 Å². The molecule has 1 saturated heterocycles. The molecule has 5 heteroatoms. The lowest BCUT2D eigenvalue weighted by molar-refractivity contribution is -0.138. The lowest BCUT2D eigenvalue weighted by Gasteiger charge is -2.26. The number of hydrogen-bond donors (Lipinski definition) is 0. The molecule has 0 unspecified atom stereocenters. The minimum absolute atomic E-state index is 0.300. The van der Waals surface area contributed by atoms with Crippen molar-refractivity contribution >= 4 is 22.8 Å². The molecule has 0 aromatic heterocycles. The number of benzene rings is 3. The summed E-state index contributed by atoms with van der Waals surface area (Å²) in [4.78, 5) is 14.8. The van der Waals surface area contributed by atoms with Gasteiger partial charge in [-0.25, -0.2) is 4.79 Å². The molecular formula is C30H35NO4. The van der Waals surface area contributed by atoms with E-state index in [0.29, 0.717) is 18.8 Å². The maximum Gasteiger partial charge on any atom is 0.333 e. The number of esters is 1. The van der Waals surface area contributed by atoms with Crippen molar-refractivity contribution in [1.29, 1.82) is 0 Å². The number of carbonyl (C=O) groups excluding carboxylic acids is 1. The van der Waals surface area contributed by atoms with Gasteiger partial charge in [0.25, 0.3) is 0 Å². The van der Waals surface area contributed by atoms with Crippen LogP contribution < -0.4 is 9.47 Å². The molecule has 0 bridgehead atoms. The van der Waals surface area contributed by atoms with Crippen molar-refractivity contribution in [2.45, 2.75) is 33.1 Å². The van der Waals surface area contributed by atoms with Gasteiger partial charge in [0.15, 0.2) is 0 Å². The third-order valence-corrected chi connectivity index (χ3v) is 6.50. The van der Waals surface area contributed by atoms with E-state index < -0.39 is 0 Å². The number of hydrogen-bond acceptors (Lipinski definition) is 5. The lowest BCUT2D eigenvalue weighted by Crippen LogP contribution is -2.33. The lowest BCUT2D eigenvalue weighted by atomic mass is 9.92. The normalized spacial score (nSPS) is 14.7. The van der Waals surface area contributed by atoms with Gasteiger partial charge in [-0.3, -0.25) is 4.90 Å². The molecule has 1 aliphatic heterocycles. The van der Waals surface area contributed by atoms with Crippen molar-refractivity contribution in [3.63, 3.8) is 0 Å². The molecule has 0 amide bonds. The average Bonchev–Trinajstić information content (AvgIpc) is 2.89. The second-order valence-electron chi connectivity index (χ2n) is 8.94. The van der Waals surface area contributed by atoms with Crippen LogP contribution in [-0.2, 0) is 9.53 Å². The van der Waals surface area contributed by atoms with Crippen molar-refractivity contribution in [2.24, 2.45) is 0 Å². The highest BCUT2D eigenvalue weighted by molar-refractivity contribution is 6.03. The van der Waals surface area contributed by atoms with E-state index in [9.17, 15) is 4.79 Å². The monoisotopic (exact) mass is 473 g/mol. The van der Waals surface area contributed by atoms with Gasteiger partial charge in [-0.05, 0) is 97.6 Å². The Morgan fingerprint density at radius 2 is 1.71 bits per heavy atom. The van der Waals surface area contributed by atoms with Crippen LogP contribution in [0.3, 0.4) is 0 Å². The van der Waals surface area contributed by atoms with Crippen molar-refractivity contribution in [2.75, 3.05) is 40.0 Å². The van der Waals surface area contributed by atoms with Gasteiger partial charge in [-0.2, -0.15) is 0 Å². The van der Waals surface area contributed by atoms with Crippen molar-refractivity contribution in [3.8, 4) is 22.6 Å². The zero-order valence-corrected chi connectivity index (χ0v) is 21.0. The minimum atomic E-state index is -0.300. The smallest absolute Gasteiger partial charge is 0.333 e. The van der Waals surface area contributed by atoms with Crippen LogP contribution in [-0.4, -0.2) is 50.8 Å². The summed E-state index contributed by atoms with van der Waals surface area (Å²) in [6.07, 6.45) is 5.83. The third kappa shape index (κ3) is 6.23. The van der Waals surface area contributed by atoms with Gasteiger partial charge in [0, 0.05) is 12.1 Å². The Labute approximate surface area is 208 Å². The Morgan fingerprint density at radius 3 is 2.43 bits per heavy atom. The molecule has 3 aromatic rings. The van der Waals surface area contributed by atoms with Crippen molar-refractivity contribution in [3.05, 3.63) is 65.7 Å². The van der Waals surface area contributed by atoms with E-state index in [2.05, 4.69) is 29.2 Å². The number of piperidine rings is 1. The molecule has 4 rings (SSSR count). The van der Waals surface area contributed by atoms with Crippen LogP contribution in [0.25, 0.3) is 28.0 Å². The molecule has 0 saturated carbocycles. The fourth-order valence-corrected chi connectivity index (χ4v) is 4.62. The number of fused-ring (bicyclic) bond motifs is 1. The van der Waals surface area contributed by atoms with E-state index in [1.54, 1.807) is 14.0 Å². The summed E-state index contributed by atoms with van der Waals surface area (Å²) in [5.41, 5.74) is 3.66. The maximum absolute atomic E-state index is 12.3. The predicted molar refractivity (Wildman–Crippen MR) is 142 cm³/mol. The highest BCUT2D eigenvalue weighted by Gasteiger charge is 2.13. The number of methoxy groups -OCH3 is 1. The first-order valence-electron chi connectivity index (χ1n) is 12.5. The first-order chi connectivity index (χ1) is 17.1. The summed E-state index contributed by atoms with van der Waals surface area (Å²) in [5, 5.41) is 2.17. The molecule has 1 fully saturated rings. The number of carbonyl (C=O) groups is 1. The molecular weight excluding hydrogens is 438 g/mol. The van der Waals surface area contributed by atoms with Crippen LogP contribution >= 0.6 is 0 Å². The Balaban J connectivity index is 1.62. The van der Waals surface area contributed by atoms with Gasteiger partial charge in [0.05, 0.1) is 13.7 Å². The summed E-state index contributed by atoms with van der Waals surface area (Å²) >= 11 is 0. The Bertz CT molecular complexity index is 1180. The van der Waals surface area contributed by atoms with Gasteiger partial charge < -0.3 is 14.2 Å². The fourth-order valence-electron chi connectivity index (χ4n) is 4.62. The quantitative estimate of drug-likeness (QED) is 0.268. The standard InChI is InChI=1S/C30H35NO4/c1-4-34-30(32)22(2)20-25-9-8-24-21-27(33-3)14-15-28(24)29(25)23-10-12-26(13-11-23)35-19-18-31-16-6-5-7-17-31/h8-15,20-21H,4-7,16-19H2,1-3H3/b22-20+. The van der Waals surface area contributed by atoms with Crippen LogP contribution in [0.5, 0.6) is 11.5 Å². The van der Waals surface area contributed by atoms with E-state index >= 15 is 0 Å². The number of ether oxygens (including phenoxy) is 3. The van der Waals surface area contributed by atoms with Gasteiger partial charge >= 0.3 is 5.97 Å². The largest absolute Gasteiger partial charge is 0.497 e. The van der Waals surface area contributed by atoms with E-state index in [1.807, 2.05) is 43.3 Å². The summed E-state index contributed by atoms with van der Waals surface area (Å²) in [5.74, 6) is 1.38. The molecule has 3 aromatic carbocycles. The van der Waals surface area contributed by atoms with Crippen LogP contribution in [0, 0.1) is 0 Å². The van der Waals surface area contributed by atoms with Gasteiger partial charge in [-0.15, -0.1) is 0 Å². The molecule has 0 atom stereocenters. The summed E-state index contributed by atoms with van der Waals surface area (Å²) < 4.78 is 16.7. The first kappa shape index (κ1) is 24.8. The summed E-state index contributed by atoms with van der Waals surface area (Å²) in [6, 6.07) is 18.4. The van der Waals surface area contributed by atoms with Crippen molar-refractivity contribution in [1.82, 2.24) is 4.90 Å². The van der Waals surface area contributed by atoms with E-state index in [0.717, 1.165) is 45.5 Å². The predicted octanol–water partition coefficient (Wildman–Crippen LogP) is 6.35. The SMILES string of the molecule is CCOC(=O)/C(C)=C/c1ccc2cc(OC)ccc2c1-c1ccc(OCCN2CCCCC2)cc1. The van der Waals surface area contributed by atoms with Crippen molar-refractivity contribution < 1.29 is 19.0 Å². The maximum atomic E-state index is 12.3. The number of rotatable bonds is 9. The highest BCUT2D eigenvalue weighted by Crippen LogP contribution is 2.36. The van der Waals surface area contributed by atoms with Crippen LogP contribution in [0.1, 0.15) is 38.7 Å². The van der Waals surface area contributed by atoms with Gasteiger partial charge in [0.1, 0.15) is 18.1 Å². The second kappa shape index (κ2) is 11.9. The molecule has 35 heavy (non-hydrogen) atoms. The Hall–Kier alpha value is -3.31. The molecule has 0 radical (unpaired) electrons. The number of nitrogens with zero attached hydrogens (tertiary/aromatic N) is 1. The zero-order chi connectivity index (χ0) is 24.6. The van der Waals surface area contributed by atoms with Crippen LogP contribution in [0.4, 0.5) is 0 Å². The molecule has 1 heterocycles. The minimum Gasteiger partial charge on any atom is -0.497 e. The second-order valence-corrected chi connectivity index (χ2v) is 8.94. The molecule has 0 aliphatic carbocycles. The molecule has 0 N–H and O–H groups in total. The third-order valence-electron chi connectivity index (χ3n) is 6.50. The summed E-state index contributed by atoms with van der Waals surface area (Å²) in [6.45, 7) is 7.98. The molecule has 5 nitrogen and oxygen atoms in total. The summed E-state index contributed by atoms with van der Waals surface area (Å²) in [7, 11) is 1.67. The zero-order valence-electron chi connectivity index (χ0n) is 21.0. The van der Waals surface area contributed by atoms with E-state index in [-0.39, 0.29) is 5.97 Å². The van der Waals surface area contributed by atoms with Crippen LogP contribution in [0.2, 0.25) is 0 Å². The van der Waals surface area contributed by atoms with E-state index in [4.69, 9.17) is 14.2 Å². The van der Waals surface area contributed by atoms with Gasteiger partial charge in [-0.1, -0.05) is 36.8 Å². The Morgan fingerprint density at radius 1 is 0.971 bits per heavy atom.